The average Bonchev–Trinajstić information content (AvgIpc) is 3.28. The molecule has 1 fully saturated rings. The van der Waals surface area contributed by atoms with Crippen molar-refractivity contribution in [2.45, 2.75) is 25.3 Å². The summed E-state index contributed by atoms with van der Waals surface area (Å²) in [5.41, 5.74) is 7.01. The van der Waals surface area contributed by atoms with E-state index in [9.17, 15) is 4.79 Å². The minimum absolute atomic E-state index is 0.0429. The number of amides is 1. The van der Waals surface area contributed by atoms with Crippen LogP contribution in [0.5, 0.6) is 0 Å². The maximum Gasteiger partial charge on any atom is 0.225 e. The fourth-order valence-corrected chi connectivity index (χ4v) is 2.39. The summed E-state index contributed by atoms with van der Waals surface area (Å²) in [6, 6.07) is 7.75. The molecule has 1 aliphatic rings. The van der Waals surface area contributed by atoms with Gasteiger partial charge < -0.3 is 16.2 Å². The molecule has 0 atom stereocenters. The number of hydrogen-bond donors (Lipinski definition) is 3. The van der Waals surface area contributed by atoms with Crippen LogP contribution in [0, 0.1) is 0 Å². The van der Waals surface area contributed by atoms with Gasteiger partial charge >= 0.3 is 0 Å². The molecule has 0 saturated heterocycles. The van der Waals surface area contributed by atoms with E-state index < -0.39 is 0 Å². The topological polar surface area (TPSA) is 78.6 Å². The molecule has 114 valence electrons. The molecule has 1 aromatic carbocycles. The summed E-state index contributed by atoms with van der Waals surface area (Å²) >= 11 is 4.92. The third-order valence-corrected chi connectivity index (χ3v) is 3.74. The Hall–Kier alpha value is -1.50. The molecule has 1 aliphatic carbocycles. The van der Waals surface area contributed by atoms with Crippen molar-refractivity contribution in [3.63, 3.8) is 0 Å². The first kappa shape index (κ1) is 15.9. The maximum atomic E-state index is 12.0. The fourth-order valence-electron chi connectivity index (χ4n) is 2.26. The number of carbonyl (C=O) groups is 1. The van der Waals surface area contributed by atoms with E-state index in [0.717, 1.165) is 18.4 Å². The van der Waals surface area contributed by atoms with Crippen molar-refractivity contribution < 1.29 is 9.90 Å². The van der Waals surface area contributed by atoms with Crippen molar-refractivity contribution in [2.24, 2.45) is 5.73 Å². The first-order valence-electron chi connectivity index (χ1n) is 7.15. The average molecular weight is 307 g/mol. The first-order valence-corrected chi connectivity index (χ1v) is 7.55. The number of aliphatic hydroxyl groups is 1. The van der Waals surface area contributed by atoms with Crippen molar-refractivity contribution in [1.29, 1.82) is 0 Å². The Labute approximate surface area is 130 Å². The number of nitrogens with zero attached hydrogens (tertiary/aromatic N) is 1. The lowest BCUT2D eigenvalue weighted by atomic mass is 10.2. The molecule has 0 spiro atoms. The van der Waals surface area contributed by atoms with Gasteiger partial charge in [-0.3, -0.25) is 9.69 Å². The van der Waals surface area contributed by atoms with Gasteiger partial charge in [0, 0.05) is 36.8 Å². The van der Waals surface area contributed by atoms with Crippen LogP contribution in [0.2, 0.25) is 0 Å². The summed E-state index contributed by atoms with van der Waals surface area (Å²) in [6.07, 6.45) is 2.74. The van der Waals surface area contributed by atoms with Gasteiger partial charge in [0.05, 0.1) is 6.61 Å². The molecule has 0 heterocycles. The van der Waals surface area contributed by atoms with Crippen LogP contribution in [0.25, 0.3) is 0 Å². The van der Waals surface area contributed by atoms with Crippen LogP contribution in [0.3, 0.4) is 0 Å². The molecular weight excluding hydrogens is 286 g/mol. The molecule has 1 aromatic rings. The van der Waals surface area contributed by atoms with Gasteiger partial charge in [-0.15, -0.1) is 0 Å². The molecule has 1 saturated carbocycles. The van der Waals surface area contributed by atoms with Gasteiger partial charge in [-0.1, -0.05) is 24.4 Å². The minimum Gasteiger partial charge on any atom is -0.395 e. The van der Waals surface area contributed by atoms with E-state index >= 15 is 0 Å². The number of aliphatic hydroxyl groups excluding tert-OH is 1. The van der Waals surface area contributed by atoms with Gasteiger partial charge in [0.25, 0.3) is 0 Å². The number of hydrogen-bond acceptors (Lipinski definition) is 4. The van der Waals surface area contributed by atoms with Crippen molar-refractivity contribution in [1.82, 2.24) is 4.90 Å². The summed E-state index contributed by atoms with van der Waals surface area (Å²) in [5, 5.41) is 11.9. The van der Waals surface area contributed by atoms with Gasteiger partial charge in [0.1, 0.15) is 4.99 Å². The summed E-state index contributed by atoms with van der Waals surface area (Å²) in [6.45, 7) is 1.44. The second kappa shape index (κ2) is 7.49. The summed E-state index contributed by atoms with van der Waals surface area (Å²) in [7, 11) is 0. The van der Waals surface area contributed by atoms with E-state index in [1.54, 1.807) is 6.07 Å². The van der Waals surface area contributed by atoms with E-state index in [0.29, 0.717) is 36.2 Å². The highest BCUT2D eigenvalue weighted by molar-refractivity contribution is 7.80. The Balaban J connectivity index is 1.83. The number of nitrogens with two attached hydrogens (primary N) is 1. The second-order valence-electron chi connectivity index (χ2n) is 5.23. The first-order chi connectivity index (χ1) is 10.1. The quantitative estimate of drug-likeness (QED) is 0.627. The third-order valence-electron chi connectivity index (χ3n) is 3.51. The van der Waals surface area contributed by atoms with Crippen LogP contribution >= 0.6 is 12.2 Å². The van der Waals surface area contributed by atoms with E-state index in [1.807, 2.05) is 18.2 Å². The summed E-state index contributed by atoms with van der Waals surface area (Å²) in [5.74, 6) is -0.0429. The second-order valence-corrected chi connectivity index (χ2v) is 5.67. The predicted molar refractivity (Wildman–Crippen MR) is 87.3 cm³/mol. The highest BCUT2D eigenvalue weighted by atomic mass is 32.1. The summed E-state index contributed by atoms with van der Waals surface area (Å²) < 4.78 is 0. The van der Waals surface area contributed by atoms with Gasteiger partial charge in [0.2, 0.25) is 5.91 Å². The molecule has 0 unspecified atom stereocenters. The van der Waals surface area contributed by atoms with E-state index in [1.165, 1.54) is 0 Å². The standard InChI is InChI=1S/C15H21N3O2S/c16-15(21)11-2-1-3-12(10-11)17-14(20)6-7-18(8-9-19)13-4-5-13/h1-3,10,13,19H,4-9H2,(H2,16,21)(H,17,20). The van der Waals surface area contributed by atoms with E-state index in [-0.39, 0.29) is 12.5 Å². The molecule has 0 radical (unpaired) electrons. The highest BCUT2D eigenvalue weighted by Gasteiger charge is 2.28. The van der Waals surface area contributed by atoms with Crippen molar-refractivity contribution in [3.05, 3.63) is 29.8 Å². The fraction of sp³-hybridized carbons (Fsp3) is 0.467. The van der Waals surface area contributed by atoms with Crippen LogP contribution in [-0.4, -0.2) is 46.6 Å². The summed E-state index contributed by atoms with van der Waals surface area (Å²) in [4.78, 5) is 14.5. The van der Waals surface area contributed by atoms with Crippen LogP contribution in [0.1, 0.15) is 24.8 Å². The zero-order chi connectivity index (χ0) is 15.2. The minimum atomic E-state index is -0.0429. The molecule has 21 heavy (non-hydrogen) atoms. The van der Waals surface area contributed by atoms with Crippen molar-refractivity contribution >= 4 is 28.8 Å². The maximum absolute atomic E-state index is 12.0. The number of nitrogens with one attached hydrogen (secondary N) is 1. The van der Waals surface area contributed by atoms with Crippen LogP contribution in [0.4, 0.5) is 5.69 Å². The lowest BCUT2D eigenvalue weighted by molar-refractivity contribution is -0.116. The zero-order valence-corrected chi connectivity index (χ0v) is 12.7. The predicted octanol–water partition coefficient (Wildman–Crippen LogP) is 1.11. The Morgan fingerprint density at radius 2 is 2.19 bits per heavy atom. The molecule has 0 aromatic heterocycles. The lowest BCUT2D eigenvalue weighted by Gasteiger charge is -2.20. The van der Waals surface area contributed by atoms with Crippen LogP contribution in [0.15, 0.2) is 24.3 Å². The largest absolute Gasteiger partial charge is 0.395 e. The lowest BCUT2D eigenvalue weighted by Crippen LogP contribution is -2.32. The molecule has 0 aliphatic heterocycles. The Morgan fingerprint density at radius 1 is 1.43 bits per heavy atom. The zero-order valence-electron chi connectivity index (χ0n) is 11.9. The molecule has 0 bridgehead atoms. The van der Waals surface area contributed by atoms with Crippen molar-refractivity contribution in [3.8, 4) is 0 Å². The van der Waals surface area contributed by atoms with Gasteiger partial charge in [0.15, 0.2) is 0 Å². The van der Waals surface area contributed by atoms with Crippen LogP contribution < -0.4 is 11.1 Å². The normalized spacial score (nSPS) is 14.2. The molecule has 5 nitrogen and oxygen atoms in total. The Bertz CT molecular complexity index is 517. The van der Waals surface area contributed by atoms with E-state index in [4.69, 9.17) is 23.1 Å². The third kappa shape index (κ3) is 5.08. The molecule has 1 amide bonds. The number of benzene rings is 1. The number of carbonyl (C=O) groups excluding carboxylic acids is 1. The molecule has 6 heteroatoms. The number of anilines is 1. The van der Waals surface area contributed by atoms with Gasteiger partial charge in [-0.05, 0) is 25.0 Å². The smallest absolute Gasteiger partial charge is 0.225 e. The monoisotopic (exact) mass is 307 g/mol. The molecular formula is C15H21N3O2S. The molecule has 4 N–H and O–H groups in total. The highest BCUT2D eigenvalue weighted by Crippen LogP contribution is 2.26. The van der Waals surface area contributed by atoms with Crippen LogP contribution in [-0.2, 0) is 4.79 Å². The van der Waals surface area contributed by atoms with Crippen molar-refractivity contribution in [2.75, 3.05) is 25.0 Å². The van der Waals surface area contributed by atoms with E-state index in [2.05, 4.69) is 10.2 Å². The SMILES string of the molecule is NC(=S)c1cccc(NC(=O)CCN(CCO)C2CC2)c1. The number of rotatable bonds is 8. The van der Waals surface area contributed by atoms with Gasteiger partial charge in [-0.2, -0.15) is 0 Å². The Morgan fingerprint density at radius 3 is 2.81 bits per heavy atom. The van der Waals surface area contributed by atoms with Gasteiger partial charge in [-0.25, -0.2) is 0 Å². The molecule has 2 rings (SSSR count). The Kier molecular flexibility index (Phi) is 5.67. The number of thiocarbonyl (C=S) groups is 1.